The zero-order chi connectivity index (χ0) is 20.8. The summed E-state index contributed by atoms with van der Waals surface area (Å²) >= 11 is 0. The van der Waals surface area contributed by atoms with Crippen LogP contribution >= 0.6 is 0 Å². The summed E-state index contributed by atoms with van der Waals surface area (Å²) in [6, 6.07) is 4.15. The molecule has 0 radical (unpaired) electrons. The maximum absolute atomic E-state index is 14.1. The summed E-state index contributed by atoms with van der Waals surface area (Å²) in [6.07, 6.45) is -0.963. The summed E-state index contributed by atoms with van der Waals surface area (Å²) in [5, 5.41) is 0. The van der Waals surface area contributed by atoms with Crippen molar-refractivity contribution in [3.63, 3.8) is 0 Å². The molecular weight excluding hydrogens is 380 g/mol. The van der Waals surface area contributed by atoms with Gasteiger partial charge in [0.25, 0.3) is 0 Å². The molecule has 0 fully saturated rings. The SMILES string of the molecule is CCOC(=O)Cc1cc(F)c(N=C(N)CC(=O)c2ccc(F)cc2F)c(F)c1. The van der Waals surface area contributed by atoms with Crippen LogP contribution in [0.3, 0.4) is 0 Å². The molecule has 0 bridgehead atoms. The number of benzene rings is 2. The molecule has 0 aliphatic carbocycles. The number of esters is 1. The van der Waals surface area contributed by atoms with Crippen molar-refractivity contribution in [2.45, 2.75) is 19.8 Å². The van der Waals surface area contributed by atoms with Crippen molar-refractivity contribution in [3.05, 3.63) is 64.7 Å². The quantitative estimate of drug-likeness (QED) is 0.255. The predicted molar refractivity (Wildman–Crippen MR) is 93.3 cm³/mol. The average molecular weight is 396 g/mol. The van der Waals surface area contributed by atoms with Gasteiger partial charge in [-0.3, -0.25) is 9.59 Å². The van der Waals surface area contributed by atoms with Gasteiger partial charge in [-0.2, -0.15) is 0 Å². The number of hydrogen-bond acceptors (Lipinski definition) is 4. The summed E-state index contributed by atoms with van der Waals surface area (Å²) in [4.78, 5) is 27.0. The minimum atomic E-state index is -1.09. The lowest BCUT2D eigenvalue weighted by atomic mass is 10.1. The van der Waals surface area contributed by atoms with Crippen molar-refractivity contribution < 1.29 is 31.9 Å². The fourth-order valence-corrected chi connectivity index (χ4v) is 2.36. The van der Waals surface area contributed by atoms with Crippen LogP contribution in [-0.4, -0.2) is 24.2 Å². The van der Waals surface area contributed by atoms with Gasteiger partial charge in [-0.15, -0.1) is 0 Å². The van der Waals surface area contributed by atoms with E-state index < -0.39 is 58.5 Å². The van der Waals surface area contributed by atoms with E-state index in [0.717, 1.165) is 24.3 Å². The lowest BCUT2D eigenvalue weighted by Crippen LogP contribution is -2.18. The van der Waals surface area contributed by atoms with Crippen LogP contribution in [0.5, 0.6) is 0 Å². The highest BCUT2D eigenvalue weighted by molar-refractivity contribution is 6.09. The van der Waals surface area contributed by atoms with Gasteiger partial charge in [0.1, 0.15) is 23.2 Å². The Morgan fingerprint density at radius 3 is 2.25 bits per heavy atom. The third-order valence-electron chi connectivity index (χ3n) is 3.56. The van der Waals surface area contributed by atoms with Crippen LogP contribution in [0, 0.1) is 23.3 Å². The molecule has 2 aromatic carbocycles. The first-order valence-corrected chi connectivity index (χ1v) is 8.16. The van der Waals surface area contributed by atoms with Crippen molar-refractivity contribution >= 4 is 23.3 Å². The van der Waals surface area contributed by atoms with Gasteiger partial charge in [-0.1, -0.05) is 0 Å². The number of hydrogen-bond donors (Lipinski definition) is 1. The molecule has 2 aromatic rings. The number of aliphatic imine (C=N–C) groups is 1. The van der Waals surface area contributed by atoms with Crippen LogP contribution in [0.4, 0.5) is 23.2 Å². The molecule has 0 heterocycles. The largest absolute Gasteiger partial charge is 0.466 e. The number of amidine groups is 1. The molecule has 9 heteroatoms. The number of halogens is 4. The van der Waals surface area contributed by atoms with Crippen LogP contribution < -0.4 is 5.73 Å². The molecule has 148 valence electrons. The van der Waals surface area contributed by atoms with Gasteiger partial charge in [0.2, 0.25) is 0 Å². The van der Waals surface area contributed by atoms with Gasteiger partial charge in [0, 0.05) is 6.07 Å². The molecule has 0 spiro atoms. The Morgan fingerprint density at radius 2 is 1.68 bits per heavy atom. The highest BCUT2D eigenvalue weighted by atomic mass is 19.1. The Morgan fingerprint density at radius 1 is 1.04 bits per heavy atom. The molecule has 0 saturated carbocycles. The van der Waals surface area contributed by atoms with Gasteiger partial charge in [0.15, 0.2) is 17.4 Å². The van der Waals surface area contributed by atoms with E-state index in [9.17, 15) is 27.2 Å². The maximum atomic E-state index is 14.1. The molecule has 0 saturated heterocycles. The number of rotatable bonds is 7. The highest BCUT2D eigenvalue weighted by Gasteiger charge is 2.17. The fraction of sp³-hybridized carbons (Fsp3) is 0.211. The summed E-state index contributed by atoms with van der Waals surface area (Å²) in [5.41, 5.74) is 4.40. The highest BCUT2D eigenvalue weighted by Crippen LogP contribution is 2.25. The minimum absolute atomic E-state index is 0.0374. The second kappa shape index (κ2) is 9.12. The molecule has 0 aliphatic rings. The Balaban J connectivity index is 2.19. The minimum Gasteiger partial charge on any atom is -0.466 e. The first-order chi connectivity index (χ1) is 13.2. The average Bonchev–Trinajstić information content (AvgIpc) is 2.58. The van der Waals surface area contributed by atoms with Crippen molar-refractivity contribution in [2.24, 2.45) is 10.7 Å². The van der Waals surface area contributed by atoms with E-state index in [-0.39, 0.29) is 18.6 Å². The van der Waals surface area contributed by atoms with Crippen molar-refractivity contribution in [1.82, 2.24) is 0 Å². The first kappa shape index (κ1) is 21.1. The van der Waals surface area contributed by atoms with E-state index in [4.69, 9.17) is 10.5 Å². The lowest BCUT2D eigenvalue weighted by molar-refractivity contribution is -0.142. The van der Waals surface area contributed by atoms with Gasteiger partial charge >= 0.3 is 5.97 Å². The molecule has 28 heavy (non-hydrogen) atoms. The topological polar surface area (TPSA) is 81.8 Å². The Hall–Kier alpha value is -3.23. The third-order valence-corrected chi connectivity index (χ3v) is 3.56. The van der Waals surface area contributed by atoms with Crippen LogP contribution in [-0.2, 0) is 16.0 Å². The second-order valence-corrected chi connectivity index (χ2v) is 5.72. The first-order valence-electron chi connectivity index (χ1n) is 8.16. The number of ether oxygens (including phenoxy) is 1. The molecule has 5 nitrogen and oxygen atoms in total. The molecule has 2 rings (SSSR count). The summed E-state index contributed by atoms with van der Waals surface area (Å²) < 4.78 is 59.5. The van der Waals surface area contributed by atoms with Crippen LogP contribution in [0.1, 0.15) is 29.3 Å². The van der Waals surface area contributed by atoms with E-state index in [2.05, 4.69) is 4.99 Å². The predicted octanol–water partition coefficient (Wildman–Crippen LogP) is 3.61. The van der Waals surface area contributed by atoms with Gasteiger partial charge in [-0.05, 0) is 36.8 Å². The smallest absolute Gasteiger partial charge is 0.310 e. The van der Waals surface area contributed by atoms with Gasteiger partial charge < -0.3 is 10.5 Å². The molecule has 0 aromatic heterocycles. The van der Waals surface area contributed by atoms with Crippen LogP contribution in [0.2, 0.25) is 0 Å². The van der Waals surface area contributed by atoms with Crippen molar-refractivity contribution in [2.75, 3.05) is 6.61 Å². The number of ketones is 1. The Bertz CT molecular complexity index is 922. The normalized spacial score (nSPS) is 11.4. The molecular formula is C19H16F4N2O3. The third kappa shape index (κ3) is 5.38. The van der Waals surface area contributed by atoms with E-state index >= 15 is 0 Å². The molecule has 2 N–H and O–H groups in total. The summed E-state index contributed by atoms with van der Waals surface area (Å²) in [7, 11) is 0. The molecule has 0 unspecified atom stereocenters. The number of carbonyl (C=O) groups is 2. The van der Waals surface area contributed by atoms with E-state index in [1.165, 1.54) is 0 Å². The maximum Gasteiger partial charge on any atom is 0.310 e. The van der Waals surface area contributed by atoms with Crippen molar-refractivity contribution in [3.8, 4) is 0 Å². The number of nitrogens with two attached hydrogens (primary N) is 1. The Kier molecular flexibility index (Phi) is 6.86. The Labute approximate surface area is 157 Å². The second-order valence-electron chi connectivity index (χ2n) is 5.72. The van der Waals surface area contributed by atoms with Crippen LogP contribution in [0.15, 0.2) is 35.3 Å². The standard InChI is InChI=1S/C19H16F4N2O3/c1-2-28-18(27)7-10-5-14(22)19(15(23)6-10)25-17(24)9-16(26)12-4-3-11(20)8-13(12)21/h3-6,8H,2,7,9H2,1H3,(H2,24,25). The number of nitrogens with zero attached hydrogens (tertiary/aromatic N) is 1. The van der Waals surface area contributed by atoms with E-state index in [1.54, 1.807) is 6.92 Å². The fourth-order valence-electron chi connectivity index (χ4n) is 2.36. The van der Waals surface area contributed by atoms with Crippen molar-refractivity contribution in [1.29, 1.82) is 0 Å². The number of Topliss-reactive ketones (excluding diaryl/α,β-unsaturated/α-hetero) is 1. The summed E-state index contributed by atoms with van der Waals surface area (Å²) in [6.45, 7) is 1.73. The van der Waals surface area contributed by atoms with Gasteiger partial charge in [-0.25, -0.2) is 22.6 Å². The molecule has 0 aliphatic heterocycles. The monoisotopic (exact) mass is 396 g/mol. The zero-order valence-electron chi connectivity index (χ0n) is 14.8. The zero-order valence-corrected chi connectivity index (χ0v) is 14.8. The lowest BCUT2D eigenvalue weighted by Gasteiger charge is -2.07. The van der Waals surface area contributed by atoms with E-state index in [0.29, 0.717) is 6.07 Å². The summed E-state index contributed by atoms with van der Waals surface area (Å²) in [5.74, 6) is -6.08. The van der Waals surface area contributed by atoms with Gasteiger partial charge in [0.05, 0.1) is 25.0 Å². The number of carbonyl (C=O) groups excluding carboxylic acids is 2. The molecule has 0 amide bonds. The molecule has 0 atom stereocenters. The van der Waals surface area contributed by atoms with Crippen LogP contribution in [0.25, 0.3) is 0 Å². The van der Waals surface area contributed by atoms with E-state index in [1.807, 2.05) is 0 Å².